The van der Waals surface area contributed by atoms with Gasteiger partial charge >= 0.3 is 5.97 Å². The Morgan fingerprint density at radius 2 is 2.21 bits per heavy atom. The second-order valence-corrected chi connectivity index (χ2v) is 4.87. The Morgan fingerprint density at radius 1 is 1.47 bits per heavy atom. The largest absolute Gasteiger partial charge is 0.493 e. The molecule has 1 unspecified atom stereocenters. The Hall–Kier alpha value is -1.75. The second kappa shape index (κ2) is 5.93. The molecule has 5 heteroatoms. The topological polar surface area (TPSA) is 81.8 Å². The summed E-state index contributed by atoms with van der Waals surface area (Å²) < 4.78 is 11.0. The van der Waals surface area contributed by atoms with Gasteiger partial charge in [0.05, 0.1) is 20.1 Å². The van der Waals surface area contributed by atoms with Crippen LogP contribution in [0.3, 0.4) is 0 Å². The van der Waals surface area contributed by atoms with E-state index in [0.717, 1.165) is 5.56 Å². The summed E-state index contributed by atoms with van der Waals surface area (Å²) in [6, 6.07) is 4.77. The van der Waals surface area contributed by atoms with Gasteiger partial charge < -0.3 is 20.3 Å². The van der Waals surface area contributed by atoms with E-state index < -0.39 is 12.0 Å². The molecule has 0 bridgehead atoms. The highest BCUT2D eigenvalue weighted by molar-refractivity contribution is 5.68. The summed E-state index contributed by atoms with van der Waals surface area (Å²) in [7, 11) is 1.58. The Balaban J connectivity index is 2.10. The van der Waals surface area contributed by atoms with Crippen molar-refractivity contribution in [2.24, 2.45) is 11.7 Å². The van der Waals surface area contributed by atoms with Crippen LogP contribution in [0.2, 0.25) is 0 Å². The molecule has 1 saturated carbocycles. The third-order valence-corrected chi connectivity index (χ3v) is 3.18. The van der Waals surface area contributed by atoms with Crippen molar-refractivity contribution in [3.8, 4) is 11.5 Å². The highest BCUT2D eigenvalue weighted by Crippen LogP contribution is 2.34. The van der Waals surface area contributed by atoms with E-state index in [1.54, 1.807) is 25.3 Å². The zero-order valence-electron chi connectivity index (χ0n) is 11.0. The maximum absolute atomic E-state index is 10.7. The molecule has 0 spiro atoms. The number of hydrogen-bond acceptors (Lipinski definition) is 4. The van der Waals surface area contributed by atoms with Gasteiger partial charge in [-0.3, -0.25) is 4.79 Å². The number of benzene rings is 1. The summed E-state index contributed by atoms with van der Waals surface area (Å²) in [5.41, 5.74) is 6.59. The van der Waals surface area contributed by atoms with Crippen molar-refractivity contribution in [1.29, 1.82) is 0 Å². The number of ether oxygens (including phenoxy) is 2. The molecule has 1 aromatic carbocycles. The Morgan fingerprint density at radius 3 is 2.79 bits per heavy atom. The molecule has 1 atom stereocenters. The highest BCUT2D eigenvalue weighted by Gasteiger charge is 2.23. The summed E-state index contributed by atoms with van der Waals surface area (Å²) >= 11 is 0. The fourth-order valence-electron chi connectivity index (χ4n) is 1.83. The summed E-state index contributed by atoms with van der Waals surface area (Å²) in [6.07, 6.45) is 2.31. The minimum Gasteiger partial charge on any atom is -0.493 e. The molecule has 0 aliphatic heterocycles. The normalized spacial score (nSPS) is 15.9. The molecule has 0 saturated heterocycles. The van der Waals surface area contributed by atoms with Gasteiger partial charge in [-0.2, -0.15) is 0 Å². The fourth-order valence-corrected chi connectivity index (χ4v) is 1.83. The van der Waals surface area contributed by atoms with Gasteiger partial charge in [0.2, 0.25) is 0 Å². The SMILES string of the molecule is COc1ccc(C(N)CC(=O)O)cc1OCC1CC1. The fraction of sp³-hybridized carbons (Fsp3) is 0.500. The van der Waals surface area contributed by atoms with Crippen LogP contribution >= 0.6 is 0 Å². The first-order valence-electron chi connectivity index (χ1n) is 6.38. The number of hydrogen-bond donors (Lipinski definition) is 2. The van der Waals surface area contributed by atoms with Gasteiger partial charge in [0.25, 0.3) is 0 Å². The standard InChI is InChI=1S/C14H19NO4/c1-18-12-5-4-10(11(15)7-14(16)17)6-13(12)19-8-9-2-3-9/h4-6,9,11H,2-3,7-8,15H2,1H3,(H,16,17). The number of carboxylic acids is 1. The lowest BCUT2D eigenvalue weighted by Crippen LogP contribution is -2.15. The molecule has 1 aliphatic rings. The van der Waals surface area contributed by atoms with Gasteiger partial charge in [-0.05, 0) is 36.5 Å². The van der Waals surface area contributed by atoms with E-state index in [0.29, 0.717) is 24.0 Å². The first kappa shape index (κ1) is 13.7. The molecule has 0 amide bonds. The van der Waals surface area contributed by atoms with Gasteiger partial charge in [-0.25, -0.2) is 0 Å². The average molecular weight is 265 g/mol. The molecule has 0 aromatic heterocycles. The molecule has 3 N–H and O–H groups in total. The zero-order chi connectivity index (χ0) is 13.8. The third kappa shape index (κ3) is 3.86. The van der Waals surface area contributed by atoms with Crippen LogP contribution in [0.15, 0.2) is 18.2 Å². The zero-order valence-corrected chi connectivity index (χ0v) is 11.0. The molecule has 104 valence electrons. The van der Waals surface area contributed by atoms with Crippen LogP contribution in [-0.4, -0.2) is 24.8 Å². The minimum absolute atomic E-state index is 0.103. The lowest BCUT2D eigenvalue weighted by atomic mass is 10.0. The van der Waals surface area contributed by atoms with Crippen molar-refractivity contribution in [1.82, 2.24) is 0 Å². The van der Waals surface area contributed by atoms with Crippen molar-refractivity contribution in [2.75, 3.05) is 13.7 Å². The van der Waals surface area contributed by atoms with Gasteiger partial charge in [0.1, 0.15) is 0 Å². The molecule has 5 nitrogen and oxygen atoms in total. The van der Waals surface area contributed by atoms with Crippen molar-refractivity contribution in [2.45, 2.75) is 25.3 Å². The summed E-state index contributed by atoms with van der Waals surface area (Å²) in [5, 5.41) is 8.76. The molecule has 19 heavy (non-hydrogen) atoms. The molecule has 2 rings (SSSR count). The Labute approximate surface area is 112 Å². The number of methoxy groups -OCH3 is 1. The Kier molecular flexibility index (Phi) is 4.27. The van der Waals surface area contributed by atoms with Crippen LogP contribution < -0.4 is 15.2 Å². The van der Waals surface area contributed by atoms with Crippen molar-refractivity contribution in [3.63, 3.8) is 0 Å². The van der Waals surface area contributed by atoms with Crippen LogP contribution in [0.1, 0.15) is 30.9 Å². The van der Waals surface area contributed by atoms with Crippen molar-refractivity contribution < 1.29 is 19.4 Å². The number of carbonyl (C=O) groups is 1. The van der Waals surface area contributed by atoms with Crippen LogP contribution in [0.25, 0.3) is 0 Å². The van der Waals surface area contributed by atoms with Crippen LogP contribution in [0, 0.1) is 5.92 Å². The van der Waals surface area contributed by atoms with Crippen LogP contribution in [0.5, 0.6) is 11.5 Å². The number of nitrogens with two attached hydrogens (primary N) is 1. The van der Waals surface area contributed by atoms with Gasteiger partial charge in [-0.15, -0.1) is 0 Å². The average Bonchev–Trinajstić information content (AvgIpc) is 3.19. The van der Waals surface area contributed by atoms with E-state index >= 15 is 0 Å². The quantitative estimate of drug-likeness (QED) is 0.787. The maximum Gasteiger partial charge on any atom is 0.305 e. The monoisotopic (exact) mass is 265 g/mol. The first-order chi connectivity index (χ1) is 9.10. The summed E-state index contributed by atoms with van der Waals surface area (Å²) in [5.74, 6) is 1.00. The van der Waals surface area contributed by atoms with Gasteiger partial charge in [0.15, 0.2) is 11.5 Å². The smallest absolute Gasteiger partial charge is 0.305 e. The highest BCUT2D eigenvalue weighted by atomic mass is 16.5. The van der Waals surface area contributed by atoms with Crippen molar-refractivity contribution >= 4 is 5.97 Å². The van der Waals surface area contributed by atoms with Gasteiger partial charge in [-0.1, -0.05) is 6.07 Å². The third-order valence-electron chi connectivity index (χ3n) is 3.18. The van der Waals surface area contributed by atoms with E-state index in [2.05, 4.69) is 0 Å². The van der Waals surface area contributed by atoms with E-state index in [1.807, 2.05) is 0 Å². The molecular formula is C14H19NO4. The summed E-state index contributed by atoms with van der Waals surface area (Å²) in [6.45, 7) is 0.675. The van der Waals surface area contributed by atoms with E-state index in [1.165, 1.54) is 12.8 Å². The molecule has 1 aromatic rings. The number of carboxylic acid groups (broad SMARTS) is 1. The molecule has 0 heterocycles. The number of rotatable bonds is 7. The number of aliphatic carboxylic acids is 1. The van der Waals surface area contributed by atoms with E-state index in [9.17, 15) is 4.79 Å². The molecule has 1 fully saturated rings. The van der Waals surface area contributed by atoms with Crippen LogP contribution in [-0.2, 0) is 4.79 Å². The molecular weight excluding hydrogens is 246 g/mol. The van der Waals surface area contributed by atoms with E-state index in [-0.39, 0.29) is 6.42 Å². The lowest BCUT2D eigenvalue weighted by Gasteiger charge is -2.15. The van der Waals surface area contributed by atoms with Crippen LogP contribution in [0.4, 0.5) is 0 Å². The van der Waals surface area contributed by atoms with Gasteiger partial charge in [0, 0.05) is 6.04 Å². The molecule has 1 aliphatic carbocycles. The lowest BCUT2D eigenvalue weighted by molar-refractivity contribution is -0.137. The van der Waals surface area contributed by atoms with Crippen molar-refractivity contribution in [3.05, 3.63) is 23.8 Å². The van der Waals surface area contributed by atoms with E-state index in [4.69, 9.17) is 20.3 Å². The maximum atomic E-state index is 10.7. The molecule has 0 radical (unpaired) electrons. The minimum atomic E-state index is -0.913. The second-order valence-electron chi connectivity index (χ2n) is 4.87. The Bertz CT molecular complexity index is 457. The summed E-state index contributed by atoms with van der Waals surface area (Å²) in [4.78, 5) is 10.7. The first-order valence-corrected chi connectivity index (χ1v) is 6.38. The predicted octanol–water partition coefficient (Wildman–Crippen LogP) is 1.96. The predicted molar refractivity (Wildman–Crippen MR) is 70.4 cm³/mol.